The van der Waals surface area contributed by atoms with Gasteiger partial charge >= 0.3 is 0 Å². The van der Waals surface area contributed by atoms with Crippen molar-refractivity contribution >= 4 is 38.9 Å². The van der Waals surface area contributed by atoms with E-state index < -0.39 is 0 Å². The lowest BCUT2D eigenvalue weighted by Gasteiger charge is -2.38. The lowest BCUT2D eigenvalue weighted by Crippen LogP contribution is -2.42. The lowest BCUT2D eigenvalue weighted by molar-refractivity contribution is 0.0697. The molecule has 0 amide bonds. The normalized spacial score (nSPS) is 18.5. The molecule has 1 atom stereocenters. The highest BCUT2D eigenvalue weighted by molar-refractivity contribution is 9.10. The van der Waals surface area contributed by atoms with Crippen LogP contribution in [0.1, 0.15) is 31.9 Å². The number of fused-ring (bicyclic) bond motifs is 1. The zero-order valence-electron chi connectivity index (χ0n) is 13.1. The Bertz CT molecular complexity index is 732. The molecule has 0 aliphatic carbocycles. The first kappa shape index (κ1) is 16.3. The highest BCUT2D eigenvalue weighted by Crippen LogP contribution is 2.39. The van der Waals surface area contributed by atoms with Gasteiger partial charge in [-0.2, -0.15) is 0 Å². The molecule has 1 aliphatic rings. The van der Waals surface area contributed by atoms with Crippen LogP contribution in [-0.2, 0) is 0 Å². The van der Waals surface area contributed by atoms with Crippen molar-refractivity contribution < 1.29 is 4.74 Å². The number of hydrogen-bond donors (Lipinski definition) is 2. The molecule has 0 radical (unpaired) electrons. The summed E-state index contributed by atoms with van der Waals surface area (Å²) in [4.78, 5) is 0. The van der Waals surface area contributed by atoms with Crippen molar-refractivity contribution in [3.63, 3.8) is 0 Å². The maximum absolute atomic E-state index is 6.06. The van der Waals surface area contributed by atoms with E-state index in [-0.39, 0.29) is 11.6 Å². The monoisotopic (exact) mass is 390 g/mol. The zero-order valence-corrected chi connectivity index (χ0v) is 15.5. The Morgan fingerprint density at radius 2 is 2.00 bits per heavy atom. The fraction of sp³-hybridized carbons (Fsp3) is 0.278. The van der Waals surface area contributed by atoms with Gasteiger partial charge in [0.05, 0.1) is 6.04 Å². The van der Waals surface area contributed by atoms with Gasteiger partial charge in [-0.3, -0.25) is 0 Å². The summed E-state index contributed by atoms with van der Waals surface area (Å²) in [5.74, 6) is 0.923. The van der Waals surface area contributed by atoms with Crippen LogP contribution in [-0.4, -0.2) is 10.7 Å². The van der Waals surface area contributed by atoms with Gasteiger partial charge in [0.1, 0.15) is 11.4 Å². The Morgan fingerprint density at radius 1 is 1.22 bits per heavy atom. The highest BCUT2D eigenvalue weighted by Gasteiger charge is 2.33. The topological polar surface area (TPSA) is 33.3 Å². The number of thiocarbonyl (C=S) groups is 1. The van der Waals surface area contributed by atoms with E-state index in [0.717, 1.165) is 27.9 Å². The van der Waals surface area contributed by atoms with Gasteiger partial charge in [0, 0.05) is 22.1 Å². The van der Waals surface area contributed by atoms with Crippen molar-refractivity contribution in [1.29, 1.82) is 0 Å². The Morgan fingerprint density at radius 3 is 2.78 bits per heavy atom. The van der Waals surface area contributed by atoms with Crippen LogP contribution in [0.25, 0.3) is 0 Å². The molecular formula is C18H19BrN2OS. The predicted octanol–water partition coefficient (Wildman–Crippen LogP) is 5.04. The van der Waals surface area contributed by atoms with Gasteiger partial charge in [0.15, 0.2) is 5.11 Å². The lowest BCUT2D eigenvalue weighted by atomic mass is 9.90. The van der Waals surface area contributed by atoms with E-state index in [2.05, 4.69) is 46.5 Å². The van der Waals surface area contributed by atoms with E-state index in [1.807, 2.05) is 42.5 Å². The molecule has 2 aromatic carbocycles. The van der Waals surface area contributed by atoms with E-state index in [9.17, 15) is 0 Å². The van der Waals surface area contributed by atoms with Crippen molar-refractivity contribution in [3.05, 3.63) is 58.6 Å². The van der Waals surface area contributed by atoms with Gasteiger partial charge in [-0.25, -0.2) is 0 Å². The van der Waals surface area contributed by atoms with Crippen molar-refractivity contribution in [2.24, 2.45) is 0 Å². The van der Waals surface area contributed by atoms with Crippen molar-refractivity contribution in [2.45, 2.75) is 31.9 Å². The average Bonchev–Trinajstić information content (AvgIpc) is 2.46. The number of nitrogens with one attached hydrogen (secondary N) is 2. The molecule has 0 bridgehead atoms. The standard InChI is InChI=1S/C18H19BrN2OS/c1-18(2)11-15(14-8-3-4-9-16(14)22-18)21-17(23)20-13-7-5-6-12(19)10-13/h3-10,15H,11H2,1-2H3,(H2,20,21,23). The van der Waals surface area contributed by atoms with Crippen molar-refractivity contribution in [2.75, 3.05) is 5.32 Å². The minimum absolute atomic E-state index is 0.127. The summed E-state index contributed by atoms with van der Waals surface area (Å²) in [5.41, 5.74) is 1.87. The number of halogens is 1. The number of rotatable bonds is 2. The van der Waals surface area contributed by atoms with Crippen LogP contribution < -0.4 is 15.4 Å². The first-order valence-corrected chi connectivity index (χ1v) is 8.74. The summed E-state index contributed by atoms with van der Waals surface area (Å²) in [6.45, 7) is 4.20. The van der Waals surface area contributed by atoms with Gasteiger partial charge < -0.3 is 15.4 Å². The van der Waals surface area contributed by atoms with E-state index in [4.69, 9.17) is 17.0 Å². The second kappa shape index (κ2) is 6.49. The van der Waals surface area contributed by atoms with Crippen molar-refractivity contribution in [3.8, 4) is 5.75 Å². The summed E-state index contributed by atoms with van der Waals surface area (Å²) >= 11 is 8.95. The molecule has 2 N–H and O–H groups in total. The molecule has 0 aromatic heterocycles. The Labute approximate surface area is 150 Å². The molecule has 1 heterocycles. The van der Waals surface area contributed by atoms with Crippen LogP contribution in [0.5, 0.6) is 5.75 Å². The maximum Gasteiger partial charge on any atom is 0.171 e. The minimum Gasteiger partial charge on any atom is -0.487 e. The average molecular weight is 391 g/mol. The first-order valence-electron chi connectivity index (χ1n) is 7.54. The van der Waals surface area contributed by atoms with E-state index in [0.29, 0.717) is 5.11 Å². The summed E-state index contributed by atoms with van der Waals surface area (Å²) in [5, 5.41) is 7.27. The van der Waals surface area contributed by atoms with Gasteiger partial charge in [-0.1, -0.05) is 40.2 Å². The third-order valence-corrected chi connectivity index (χ3v) is 4.48. The molecule has 3 nitrogen and oxygen atoms in total. The molecule has 2 aromatic rings. The molecule has 23 heavy (non-hydrogen) atoms. The highest BCUT2D eigenvalue weighted by atomic mass is 79.9. The minimum atomic E-state index is -0.225. The molecule has 120 valence electrons. The summed E-state index contributed by atoms with van der Waals surface area (Å²) < 4.78 is 7.07. The maximum atomic E-state index is 6.06. The van der Waals surface area contributed by atoms with E-state index in [1.165, 1.54) is 0 Å². The second-order valence-electron chi connectivity index (χ2n) is 6.27. The first-order chi connectivity index (χ1) is 10.9. The van der Waals surface area contributed by atoms with Crippen LogP contribution in [0.4, 0.5) is 5.69 Å². The number of hydrogen-bond acceptors (Lipinski definition) is 2. The van der Waals surface area contributed by atoms with Gasteiger partial charge in [0.2, 0.25) is 0 Å². The van der Waals surface area contributed by atoms with Crippen LogP contribution in [0.2, 0.25) is 0 Å². The Hall–Kier alpha value is -1.59. The Balaban J connectivity index is 1.75. The molecule has 0 fully saturated rings. The SMILES string of the molecule is CC1(C)CC(NC(=S)Nc2cccc(Br)c2)c2ccccc2O1. The molecule has 3 rings (SSSR count). The van der Waals surface area contributed by atoms with Crippen LogP contribution >= 0.6 is 28.1 Å². The third-order valence-electron chi connectivity index (χ3n) is 3.76. The summed E-state index contributed by atoms with van der Waals surface area (Å²) in [7, 11) is 0. The van der Waals surface area contributed by atoms with Gasteiger partial charge in [-0.05, 0) is 50.3 Å². The van der Waals surface area contributed by atoms with E-state index in [1.54, 1.807) is 0 Å². The zero-order chi connectivity index (χ0) is 16.4. The predicted molar refractivity (Wildman–Crippen MR) is 102 cm³/mol. The molecule has 0 saturated carbocycles. The Kier molecular flexibility index (Phi) is 4.60. The second-order valence-corrected chi connectivity index (χ2v) is 7.59. The summed E-state index contributed by atoms with van der Waals surface area (Å²) in [6.07, 6.45) is 0.852. The smallest absolute Gasteiger partial charge is 0.171 e. The van der Waals surface area contributed by atoms with E-state index >= 15 is 0 Å². The largest absolute Gasteiger partial charge is 0.487 e. The molecular weight excluding hydrogens is 372 g/mol. The van der Waals surface area contributed by atoms with Gasteiger partial charge in [-0.15, -0.1) is 0 Å². The van der Waals surface area contributed by atoms with Crippen LogP contribution in [0, 0.1) is 0 Å². The van der Waals surface area contributed by atoms with Crippen LogP contribution in [0.3, 0.4) is 0 Å². The quantitative estimate of drug-likeness (QED) is 0.703. The van der Waals surface area contributed by atoms with Crippen molar-refractivity contribution in [1.82, 2.24) is 5.32 Å². The number of ether oxygens (including phenoxy) is 1. The number of benzene rings is 2. The molecule has 1 unspecified atom stereocenters. The molecule has 1 aliphatic heterocycles. The fourth-order valence-electron chi connectivity index (χ4n) is 2.82. The molecule has 0 spiro atoms. The third kappa shape index (κ3) is 4.03. The number of anilines is 1. The fourth-order valence-corrected chi connectivity index (χ4v) is 3.48. The molecule has 0 saturated heterocycles. The molecule has 5 heteroatoms. The van der Waals surface area contributed by atoms with Gasteiger partial charge in [0.25, 0.3) is 0 Å². The van der Waals surface area contributed by atoms with Crippen LogP contribution in [0.15, 0.2) is 53.0 Å². The summed E-state index contributed by atoms with van der Waals surface area (Å²) in [6, 6.07) is 16.2. The number of para-hydroxylation sites is 1.